The number of allylic oxidation sites excluding steroid dienone is 8. The van der Waals surface area contributed by atoms with Gasteiger partial charge in [-0.25, -0.2) is 0 Å². The summed E-state index contributed by atoms with van der Waals surface area (Å²) in [5.74, 6) is -0.821. The van der Waals surface area contributed by atoms with Gasteiger partial charge in [0.2, 0.25) is 0 Å². The lowest BCUT2D eigenvalue weighted by atomic mass is 10.0. The average Bonchev–Trinajstić information content (AvgIpc) is 3.68. The molecule has 518 valence electrons. The molecule has 0 saturated heterocycles. The first kappa shape index (κ1) is 86.0. The van der Waals surface area contributed by atoms with E-state index in [4.69, 9.17) is 18.5 Å². The van der Waals surface area contributed by atoms with Gasteiger partial charge in [0.25, 0.3) is 7.82 Å². The molecule has 0 aromatic carbocycles. The highest BCUT2D eigenvalue weighted by Gasteiger charge is 2.22. The monoisotopic (exact) mass is 1260 g/mol. The van der Waals surface area contributed by atoms with Crippen molar-refractivity contribution in [3.05, 3.63) is 48.6 Å². The van der Waals surface area contributed by atoms with Crippen molar-refractivity contribution < 1.29 is 42.1 Å². The normalized spacial score (nSPS) is 13.3. The van der Waals surface area contributed by atoms with Crippen LogP contribution in [0.5, 0.6) is 0 Å². The Bertz CT molecular complexity index is 1620. The Morgan fingerprint density at radius 2 is 0.648 bits per heavy atom. The van der Waals surface area contributed by atoms with E-state index in [0.717, 1.165) is 70.6 Å². The largest absolute Gasteiger partial charge is 0.756 e. The van der Waals surface area contributed by atoms with E-state index in [1.165, 1.54) is 283 Å². The second-order valence-corrected chi connectivity index (χ2v) is 28.8. The second kappa shape index (κ2) is 69.3. The van der Waals surface area contributed by atoms with E-state index < -0.39 is 26.5 Å². The minimum absolute atomic E-state index is 0.0310. The number of quaternary nitrogens is 1. The maximum Gasteiger partial charge on any atom is 0.306 e. The van der Waals surface area contributed by atoms with Crippen LogP contribution in [0, 0.1) is 0 Å². The fourth-order valence-corrected chi connectivity index (χ4v) is 12.3. The molecule has 0 fully saturated rings. The van der Waals surface area contributed by atoms with Crippen LogP contribution < -0.4 is 4.89 Å². The molecule has 0 bridgehead atoms. The van der Waals surface area contributed by atoms with E-state index in [-0.39, 0.29) is 32.0 Å². The first-order valence-corrected chi connectivity index (χ1v) is 39.8. The van der Waals surface area contributed by atoms with Gasteiger partial charge in [0.05, 0.1) is 27.7 Å². The highest BCUT2D eigenvalue weighted by atomic mass is 31.2. The third-order valence-corrected chi connectivity index (χ3v) is 18.3. The Morgan fingerprint density at radius 1 is 0.364 bits per heavy atom. The topological polar surface area (TPSA) is 111 Å². The number of ether oxygens (including phenoxy) is 2. The van der Waals surface area contributed by atoms with Crippen molar-refractivity contribution in [2.45, 2.75) is 392 Å². The molecule has 0 saturated carbocycles. The van der Waals surface area contributed by atoms with Gasteiger partial charge in [-0.15, -0.1) is 0 Å². The van der Waals surface area contributed by atoms with Crippen LogP contribution in [0.2, 0.25) is 0 Å². The Hall–Kier alpha value is -2.03. The van der Waals surface area contributed by atoms with Crippen LogP contribution in [0.3, 0.4) is 0 Å². The summed E-state index contributed by atoms with van der Waals surface area (Å²) in [6.45, 7) is 4.19. The molecule has 10 heteroatoms. The minimum atomic E-state index is -4.64. The summed E-state index contributed by atoms with van der Waals surface area (Å²) >= 11 is 0. The molecule has 2 atom stereocenters. The van der Waals surface area contributed by atoms with Crippen LogP contribution in [0.4, 0.5) is 0 Å². The minimum Gasteiger partial charge on any atom is -0.756 e. The summed E-state index contributed by atoms with van der Waals surface area (Å²) in [4.78, 5) is 38.1. The lowest BCUT2D eigenvalue weighted by Crippen LogP contribution is -2.37. The number of hydrogen-bond acceptors (Lipinski definition) is 8. The van der Waals surface area contributed by atoms with Gasteiger partial charge in [0, 0.05) is 12.8 Å². The van der Waals surface area contributed by atoms with Crippen molar-refractivity contribution in [2.75, 3.05) is 47.5 Å². The van der Waals surface area contributed by atoms with Gasteiger partial charge in [-0.1, -0.05) is 371 Å². The highest BCUT2D eigenvalue weighted by molar-refractivity contribution is 7.45. The van der Waals surface area contributed by atoms with E-state index >= 15 is 0 Å². The van der Waals surface area contributed by atoms with Crippen LogP contribution >= 0.6 is 7.82 Å². The molecule has 9 nitrogen and oxygen atoms in total. The van der Waals surface area contributed by atoms with Crippen molar-refractivity contribution in [3.63, 3.8) is 0 Å². The highest BCUT2D eigenvalue weighted by Crippen LogP contribution is 2.38. The molecule has 0 N–H and O–H groups in total. The van der Waals surface area contributed by atoms with Crippen molar-refractivity contribution in [1.29, 1.82) is 0 Å². The number of hydrogen-bond donors (Lipinski definition) is 0. The SMILES string of the molecule is CC/C=C\C/C=C\C/C=C\C/C=C\CCCCCCCCCCCCC(=O)OC(COC(=O)CCCCCCCCCCCCCCCCCCCCCCCCCCCCCCCCCCCCCCCCCCC)COP(=O)([O-])OCC[N+](C)(C)C. The number of phosphoric ester groups is 1. The number of likely N-dealkylation sites (N-methyl/N-ethyl adjacent to an activating group) is 1. The van der Waals surface area contributed by atoms with Crippen molar-refractivity contribution in [2.24, 2.45) is 0 Å². The molecule has 2 unspecified atom stereocenters. The quantitative estimate of drug-likeness (QED) is 0.0195. The van der Waals surface area contributed by atoms with E-state index in [9.17, 15) is 19.0 Å². The smallest absolute Gasteiger partial charge is 0.306 e. The van der Waals surface area contributed by atoms with Gasteiger partial charge in [-0.3, -0.25) is 14.2 Å². The Balaban J connectivity index is 3.86. The van der Waals surface area contributed by atoms with Crippen LogP contribution in [-0.4, -0.2) is 70.0 Å². The van der Waals surface area contributed by atoms with E-state index in [0.29, 0.717) is 17.4 Å². The van der Waals surface area contributed by atoms with E-state index in [2.05, 4.69) is 62.5 Å². The lowest BCUT2D eigenvalue weighted by molar-refractivity contribution is -0.870. The Morgan fingerprint density at radius 3 is 0.966 bits per heavy atom. The van der Waals surface area contributed by atoms with Crippen LogP contribution in [0.15, 0.2) is 48.6 Å². The predicted octanol–water partition coefficient (Wildman–Crippen LogP) is 24.5. The summed E-state index contributed by atoms with van der Waals surface area (Å²) in [6, 6.07) is 0. The molecule has 0 heterocycles. The summed E-state index contributed by atoms with van der Waals surface area (Å²) in [7, 11) is 1.18. The molecule has 0 radical (unpaired) electrons. The van der Waals surface area contributed by atoms with Gasteiger partial charge >= 0.3 is 11.9 Å². The van der Waals surface area contributed by atoms with Gasteiger partial charge in [0.1, 0.15) is 19.8 Å². The summed E-state index contributed by atoms with van der Waals surface area (Å²) in [5.41, 5.74) is 0. The van der Waals surface area contributed by atoms with Crippen molar-refractivity contribution >= 4 is 19.8 Å². The Labute approximate surface area is 547 Å². The zero-order valence-electron chi connectivity index (χ0n) is 59.2. The maximum absolute atomic E-state index is 12.9. The number of unbranched alkanes of at least 4 members (excludes halogenated alkanes) is 50. The standard InChI is InChI=1S/C78H148NO8P/c1-6-8-10-12-14-16-18-20-22-24-26-28-30-31-32-33-34-35-36-37-38-39-40-41-42-43-44-45-46-47-49-50-52-54-56-58-60-62-64-66-68-70-77(80)84-74-76(75-86-88(82,83)85-73-72-79(3,4)5)87-78(81)71-69-67-65-63-61-59-57-55-53-51-48-29-27-25-23-21-19-17-15-13-11-9-7-2/h9,11,15,17,21,23,27,29,76H,6-8,10,12-14,16,18-20,22,24-26,28,30-75H2,1-5H3/b11-9-,17-15-,23-21-,29-27-. The fraction of sp³-hybridized carbons (Fsp3) is 0.872. The van der Waals surface area contributed by atoms with Gasteiger partial charge in [-0.05, 0) is 51.4 Å². The van der Waals surface area contributed by atoms with Gasteiger partial charge in [0.15, 0.2) is 6.10 Å². The van der Waals surface area contributed by atoms with Crippen LogP contribution in [0.25, 0.3) is 0 Å². The molecular weight excluding hydrogens is 1110 g/mol. The molecule has 0 aromatic heterocycles. The number of nitrogens with zero attached hydrogens (tertiary/aromatic N) is 1. The maximum atomic E-state index is 12.9. The average molecular weight is 1260 g/mol. The molecule has 0 aliphatic heterocycles. The number of phosphoric acid groups is 1. The number of rotatable bonds is 72. The molecule has 0 aliphatic rings. The first-order chi connectivity index (χ1) is 43.0. The molecular formula is C78H148NO8P. The third kappa shape index (κ3) is 73.0. The van der Waals surface area contributed by atoms with Crippen LogP contribution in [0.1, 0.15) is 386 Å². The zero-order chi connectivity index (χ0) is 64.1. The Kier molecular flexibility index (Phi) is 67.7. The molecule has 0 rings (SSSR count). The molecule has 0 amide bonds. The number of carbonyl (C=O) groups is 2. The van der Waals surface area contributed by atoms with E-state index in [1.807, 2.05) is 21.1 Å². The molecule has 88 heavy (non-hydrogen) atoms. The first-order valence-electron chi connectivity index (χ1n) is 38.3. The van der Waals surface area contributed by atoms with Gasteiger partial charge < -0.3 is 27.9 Å². The molecule has 0 aliphatic carbocycles. The zero-order valence-corrected chi connectivity index (χ0v) is 60.1. The van der Waals surface area contributed by atoms with E-state index in [1.54, 1.807) is 0 Å². The van der Waals surface area contributed by atoms with Gasteiger partial charge in [-0.2, -0.15) is 0 Å². The summed E-state index contributed by atoms with van der Waals surface area (Å²) in [5, 5.41) is 0. The predicted molar refractivity (Wildman–Crippen MR) is 379 cm³/mol. The molecule has 0 spiro atoms. The fourth-order valence-electron chi connectivity index (χ4n) is 11.5. The summed E-state index contributed by atoms with van der Waals surface area (Å²) in [6.07, 6.45) is 91.0. The van der Waals surface area contributed by atoms with Crippen LogP contribution in [-0.2, 0) is 32.7 Å². The van der Waals surface area contributed by atoms with Crippen molar-refractivity contribution in [3.8, 4) is 0 Å². The third-order valence-electron chi connectivity index (χ3n) is 17.4. The van der Waals surface area contributed by atoms with Crippen molar-refractivity contribution in [1.82, 2.24) is 0 Å². The molecule has 0 aromatic rings. The lowest BCUT2D eigenvalue weighted by Gasteiger charge is -2.28. The summed E-state index contributed by atoms with van der Waals surface area (Å²) < 4.78 is 34.3. The number of esters is 2. The second-order valence-electron chi connectivity index (χ2n) is 27.4. The number of carbonyl (C=O) groups excluding carboxylic acids is 2.